The summed E-state index contributed by atoms with van der Waals surface area (Å²) in [6, 6.07) is 2.03. The van der Waals surface area contributed by atoms with Crippen molar-refractivity contribution in [3.8, 4) is 0 Å². The van der Waals surface area contributed by atoms with Crippen LogP contribution in [0, 0.1) is 10.7 Å². The average Bonchev–Trinajstić information content (AvgIpc) is 2.73. The zero-order valence-corrected chi connectivity index (χ0v) is 11.2. The first kappa shape index (κ1) is 11.9. The van der Waals surface area contributed by atoms with Crippen LogP contribution >= 0.6 is 12.2 Å². The normalized spacial score (nSPS) is 20.3. The van der Waals surface area contributed by atoms with Gasteiger partial charge in [-0.1, -0.05) is 0 Å². The number of aromatic nitrogens is 3. The molecule has 0 spiro atoms. The summed E-state index contributed by atoms with van der Waals surface area (Å²) < 4.78 is 3.00. The van der Waals surface area contributed by atoms with Crippen LogP contribution in [-0.4, -0.2) is 27.6 Å². The van der Waals surface area contributed by atoms with Gasteiger partial charge < -0.3 is 14.9 Å². The predicted molar refractivity (Wildman–Crippen MR) is 75.1 cm³/mol. The minimum Gasteiger partial charge on any atom is -0.329 e. The van der Waals surface area contributed by atoms with E-state index in [2.05, 4.69) is 19.9 Å². The fourth-order valence-electron chi connectivity index (χ4n) is 2.71. The molecular weight excluding hydrogens is 244 g/mol. The van der Waals surface area contributed by atoms with E-state index in [-0.39, 0.29) is 0 Å². The van der Waals surface area contributed by atoms with E-state index in [4.69, 9.17) is 12.2 Å². The van der Waals surface area contributed by atoms with E-state index in [1.807, 2.05) is 18.5 Å². The first-order valence-corrected chi connectivity index (χ1v) is 6.98. The van der Waals surface area contributed by atoms with E-state index in [0.29, 0.717) is 0 Å². The lowest BCUT2D eigenvalue weighted by Gasteiger charge is -2.22. The summed E-state index contributed by atoms with van der Waals surface area (Å²) in [6.45, 7) is 3.32. The van der Waals surface area contributed by atoms with Gasteiger partial charge in [-0.05, 0) is 56.6 Å². The van der Waals surface area contributed by atoms with Crippen LogP contribution in [0.3, 0.4) is 0 Å². The van der Waals surface area contributed by atoms with Crippen LogP contribution < -0.4 is 5.32 Å². The number of aryl methyl sites for hydroxylation is 1. The second kappa shape index (κ2) is 5.20. The Morgan fingerprint density at radius 2 is 2.44 bits per heavy atom. The molecule has 1 aliphatic rings. The standard InChI is InChI=1S/C13H18N4S/c18-13-16-11-9-15-6-3-12(11)17(13)7-4-10-2-1-5-14-8-10/h3,6,9-10,14H,1-2,4-5,7-8H2,(H,16,18). The maximum atomic E-state index is 5.38. The first-order valence-electron chi connectivity index (χ1n) is 6.58. The molecule has 3 rings (SSSR count). The highest BCUT2D eigenvalue weighted by molar-refractivity contribution is 7.71. The summed E-state index contributed by atoms with van der Waals surface area (Å²) in [5.41, 5.74) is 2.20. The average molecular weight is 262 g/mol. The van der Waals surface area contributed by atoms with Crippen LogP contribution in [0.1, 0.15) is 19.3 Å². The third kappa shape index (κ3) is 2.33. The minimum atomic E-state index is 0.785. The van der Waals surface area contributed by atoms with E-state index in [1.54, 1.807) is 0 Å². The Morgan fingerprint density at radius 3 is 3.28 bits per heavy atom. The number of hydrogen-bond acceptors (Lipinski definition) is 3. The van der Waals surface area contributed by atoms with E-state index < -0.39 is 0 Å². The van der Waals surface area contributed by atoms with Crippen molar-refractivity contribution in [1.82, 2.24) is 19.9 Å². The summed E-state index contributed by atoms with van der Waals surface area (Å²) in [5.74, 6) is 0.785. The van der Waals surface area contributed by atoms with Crippen molar-refractivity contribution in [3.05, 3.63) is 23.2 Å². The smallest absolute Gasteiger partial charge is 0.178 e. The number of hydrogen-bond donors (Lipinski definition) is 2. The molecule has 5 heteroatoms. The van der Waals surface area contributed by atoms with Gasteiger partial charge in [-0.2, -0.15) is 0 Å². The fourth-order valence-corrected chi connectivity index (χ4v) is 3.01. The van der Waals surface area contributed by atoms with Gasteiger partial charge in [-0.15, -0.1) is 0 Å². The summed E-state index contributed by atoms with van der Waals surface area (Å²) >= 11 is 5.38. The minimum absolute atomic E-state index is 0.785. The van der Waals surface area contributed by atoms with Gasteiger partial charge in [-0.25, -0.2) is 0 Å². The molecule has 4 nitrogen and oxygen atoms in total. The number of nitrogens with zero attached hydrogens (tertiary/aromatic N) is 2. The number of fused-ring (bicyclic) bond motifs is 1. The van der Waals surface area contributed by atoms with Crippen molar-refractivity contribution >= 4 is 23.3 Å². The van der Waals surface area contributed by atoms with Crippen molar-refractivity contribution in [2.75, 3.05) is 13.1 Å². The van der Waals surface area contributed by atoms with Gasteiger partial charge in [0.25, 0.3) is 0 Å². The number of nitrogens with one attached hydrogen (secondary N) is 2. The molecule has 2 aromatic rings. The van der Waals surface area contributed by atoms with Crippen molar-refractivity contribution in [3.63, 3.8) is 0 Å². The number of aromatic amines is 1. The summed E-state index contributed by atoms with van der Waals surface area (Å²) in [6.07, 6.45) is 7.49. The van der Waals surface area contributed by atoms with Gasteiger partial charge >= 0.3 is 0 Å². The molecule has 0 bridgehead atoms. The van der Waals surface area contributed by atoms with Crippen molar-refractivity contribution in [1.29, 1.82) is 0 Å². The van der Waals surface area contributed by atoms with Crippen molar-refractivity contribution in [2.24, 2.45) is 5.92 Å². The first-order chi connectivity index (χ1) is 8.84. The molecule has 96 valence electrons. The van der Waals surface area contributed by atoms with Gasteiger partial charge in [0.15, 0.2) is 4.77 Å². The van der Waals surface area contributed by atoms with E-state index in [9.17, 15) is 0 Å². The Balaban J connectivity index is 1.77. The fraction of sp³-hybridized carbons (Fsp3) is 0.538. The second-order valence-electron chi connectivity index (χ2n) is 4.98. The Bertz CT molecular complexity index is 580. The Kier molecular flexibility index (Phi) is 3.43. The maximum absolute atomic E-state index is 5.38. The molecule has 1 unspecified atom stereocenters. The van der Waals surface area contributed by atoms with Gasteiger partial charge in [0.2, 0.25) is 0 Å². The molecule has 3 heterocycles. The van der Waals surface area contributed by atoms with Gasteiger partial charge in [-0.3, -0.25) is 4.98 Å². The monoisotopic (exact) mass is 262 g/mol. The molecule has 0 radical (unpaired) electrons. The largest absolute Gasteiger partial charge is 0.329 e. The third-order valence-electron chi connectivity index (χ3n) is 3.74. The number of H-pyrrole nitrogens is 1. The lowest BCUT2D eigenvalue weighted by atomic mass is 9.96. The van der Waals surface area contributed by atoms with Crippen LogP contribution in [-0.2, 0) is 6.54 Å². The summed E-state index contributed by atoms with van der Waals surface area (Å²) in [7, 11) is 0. The highest BCUT2D eigenvalue weighted by Gasteiger charge is 2.13. The van der Waals surface area contributed by atoms with E-state index >= 15 is 0 Å². The molecule has 0 aliphatic carbocycles. The van der Waals surface area contributed by atoms with E-state index in [0.717, 1.165) is 29.3 Å². The zero-order valence-electron chi connectivity index (χ0n) is 10.4. The third-order valence-corrected chi connectivity index (χ3v) is 4.06. The Morgan fingerprint density at radius 1 is 1.50 bits per heavy atom. The zero-order chi connectivity index (χ0) is 12.4. The number of rotatable bonds is 3. The Labute approximate surface area is 111 Å². The summed E-state index contributed by atoms with van der Waals surface area (Å²) in [4.78, 5) is 7.33. The Hall–Kier alpha value is -1.20. The second-order valence-corrected chi connectivity index (χ2v) is 5.36. The lowest BCUT2D eigenvalue weighted by Crippen LogP contribution is -2.30. The maximum Gasteiger partial charge on any atom is 0.178 e. The molecule has 1 saturated heterocycles. The molecule has 0 amide bonds. The van der Waals surface area contributed by atoms with Crippen LogP contribution in [0.4, 0.5) is 0 Å². The number of pyridine rings is 1. The number of piperidine rings is 1. The molecule has 1 aliphatic heterocycles. The van der Waals surface area contributed by atoms with Crippen LogP contribution in [0.2, 0.25) is 0 Å². The predicted octanol–water partition coefficient (Wildman–Crippen LogP) is 2.48. The molecule has 2 N–H and O–H groups in total. The molecule has 18 heavy (non-hydrogen) atoms. The van der Waals surface area contributed by atoms with Crippen LogP contribution in [0.15, 0.2) is 18.5 Å². The van der Waals surface area contributed by atoms with Crippen LogP contribution in [0.25, 0.3) is 11.0 Å². The number of imidazole rings is 1. The van der Waals surface area contributed by atoms with Gasteiger partial charge in [0.05, 0.1) is 17.2 Å². The highest BCUT2D eigenvalue weighted by atomic mass is 32.1. The van der Waals surface area contributed by atoms with Crippen molar-refractivity contribution < 1.29 is 0 Å². The molecule has 2 aromatic heterocycles. The lowest BCUT2D eigenvalue weighted by molar-refractivity contribution is 0.342. The highest BCUT2D eigenvalue weighted by Crippen LogP contribution is 2.18. The molecule has 1 atom stereocenters. The van der Waals surface area contributed by atoms with Crippen LogP contribution in [0.5, 0.6) is 0 Å². The molecule has 0 aromatic carbocycles. The molecular formula is C13H18N4S. The quantitative estimate of drug-likeness (QED) is 0.835. The van der Waals surface area contributed by atoms with E-state index in [1.165, 1.54) is 31.3 Å². The van der Waals surface area contributed by atoms with Gasteiger partial charge in [0.1, 0.15) is 0 Å². The topological polar surface area (TPSA) is 45.6 Å². The summed E-state index contributed by atoms with van der Waals surface area (Å²) in [5, 5.41) is 3.46. The molecule has 0 saturated carbocycles. The van der Waals surface area contributed by atoms with Crippen molar-refractivity contribution in [2.45, 2.75) is 25.8 Å². The van der Waals surface area contributed by atoms with Gasteiger partial charge in [0, 0.05) is 12.7 Å². The SMILES string of the molecule is S=c1[nH]c2cnccc2n1CCC1CCCNC1. The molecule has 1 fully saturated rings.